The second-order valence-corrected chi connectivity index (χ2v) is 13.3. The fourth-order valence-electron chi connectivity index (χ4n) is 7.30. The van der Waals surface area contributed by atoms with Gasteiger partial charge in [-0.25, -0.2) is 0 Å². The molecule has 4 bridgehead atoms. The van der Waals surface area contributed by atoms with Gasteiger partial charge in [-0.15, -0.1) is 0 Å². The summed E-state index contributed by atoms with van der Waals surface area (Å²) >= 11 is 6.08. The number of hydrogen-bond acceptors (Lipinski definition) is 4. The Labute approximate surface area is 207 Å². The molecular formula is C24H28ClF3N2O4S. The lowest BCUT2D eigenvalue weighted by atomic mass is 9.50. The maximum atomic E-state index is 13.5. The molecule has 0 radical (unpaired) electrons. The summed E-state index contributed by atoms with van der Waals surface area (Å²) in [5.74, 6) is -0.984. The number of amides is 1. The SMILES string of the molecule is CC(CC(=O)N1C2CC3(C)CC1CC(C)(C2)C3)c1c[nH]c2ccc(Cl)c(OS(=O)(=O)C(F)(F)F)c12. The molecule has 6 rings (SSSR count). The van der Waals surface area contributed by atoms with Crippen LogP contribution in [-0.2, 0) is 14.9 Å². The third-order valence-electron chi connectivity index (χ3n) is 8.11. The number of nitrogens with one attached hydrogen (secondary N) is 1. The standard InChI is InChI=1S/C24H28ClF3N2O4S/c1-13(6-19(31)30-14-7-22(2)8-15(30)10-23(3,9-14)12-22)16-11-29-18-5-4-17(25)21(20(16)18)34-35(32,33)24(26,27)28/h4-5,11,13-15,29H,6-10,12H2,1-3H3. The van der Waals surface area contributed by atoms with E-state index in [-0.39, 0.29) is 45.7 Å². The third-order valence-corrected chi connectivity index (χ3v) is 9.36. The van der Waals surface area contributed by atoms with E-state index in [1.54, 1.807) is 13.1 Å². The van der Waals surface area contributed by atoms with Crippen molar-refractivity contribution >= 4 is 38.5 Å². The fourth-order valence-corrected chi connectivity index (χ4v) is 8.03. The molecular weight excluding hydrogens is 505 g/mol. The number of fused-ring (bicyclic) bond motifs is 1. The second kappa shape index (κ2) is 7.78. The van der Waals surface area contributed by atoms with Crippen molar-refractivity contribution in [1.82, 2.24) is 9.88 Å². The van der Waals surface area contributed by atoms with Crippen LogP contribution in [0.1, 0.15) is 70.8 Å². The zero-order valence-electron chi connectivity index (χ0n) is 19.7. The van der Waals surface area contributed by atoms with Crippen LogP contribution in [-0.4, -0.2) is 41.8 Å². The molecule has 1 aromatic heterocycles. The van der Waals surface area contributed by atoms with Crippen LogP contribution in [0.15, 0.2) is 18.3 Å². The van der Waals surface area contributed by atoms with Gasteiger partial charge in [-0.3, -0.25) is 4.79 Å². The Morgan fingerprint density at radius 1 is 1.20 bits per heavy atom. The highest BCUT2D eigenvalue weighted by molar-refractivity contribution is 7.88. The summed E-state index contributed by atoms with van der Waals surface area (Å²) in [5.41, 5.74) is -4.21. The average molecular weight is 533 g/mol. The number of aromatic nitrogens is 1. The van der Waals surface area contributed by atoms with E-state index in [9.17, 15) is 26.4 Å². The molecule has 3 heterocycles. The highest BCUT2D eigenvalue weighted by Crippen LogP contribution is 2.61. The van der Waals surface area contributed by atoms with Gasteiger partial charge in [-0.05, 0) is 66.5 Å². The molecule has 4 aliphatic rings. The number of halogens is 4. The van der Waals surface area contributed by atoms with Crippen LogP contribution in [0.25, 0.3) is 10.9 Å². The molecule has 192 valence electrons. The molecule has 1 amide bonds. The summed E-state index contributed by atoms with van der Waals surface area (Å²) < 4.78 is 66.9. The van der Waals surface area contributed by atoms with Gasteiger partial charge in [0.2, 0.25) is 5.91 Å². The first kappa shape index (κ1) is 24.7. The Bertz CT molecular complexity index is 1270. The lowest BCUT2D eigenvalue weighted by molar-refractivity contribution is -0.168. The number of piperidine rings is 2. The number of hydrogen-bond donors (Lipinski definition) is 1. The number of alkyl halides is 3. The molecule has 6 nitrogen and oxygen atoms in total. The van der Waals surface area contributed by atoms with E-state index in [0.717, 1.165) is 25.7 Å². The molecule has 4 fully saturated rings. The van der Waals surface area contributed by atoms with Gasteiger partial charge in [-0.2, -0.15) is 21.6 Å². The minimum atomic E-state index is -5.92. The summed E-state index contributed by atoms with van der Waals surface area (Å²) in [6.45, 7) is 6.43. The lowest BCUT2D eigenvalue weighted by Crippen LogP contribution is -2.65. The molecule has 1 unspecified atom stereocenters. The van der Waals surface area contributed by atoms with Crippen molar-refractivity contribution in [2.45, 2.75) is 82.8 Å². The molecule has 2 aliphatic heterocycles. The number of nitrogens with zero attached hydrogens (tertiary/aromatic N) is 1. The molecule has 2 saturated carbocycles. The maximum Gasteiger partial charge on any atom is 0.534 e. The van der Waals surface area contributed by atoms with Crippen LogP contribution in [0.5, 0.6) is 5.75 Å². The number of benzene rings is 1. The van der Waals surface area contributed by atoms with Crippen LogP contribution in [0.3, 0.4) is 0 Å². The predicted octanol–water partition coefficient (Wildman–Crippen LogP) is 6.11. The quantitative estimate of drug-likeness (QED) is 0.372. The summed E-state index contributed by atoms with van der Waals surface area (Å²) in [6, 6.07) is 3.21. The first-order valence-corrected chi connectivity index (χ1v) is 13.5. The molecule has 1 atom stereocenters. The molecule has 2 saturated heterocycles. The van der Waals surface area contributed by atoms with Crippen molar-refractivity contribution in [3.8, 4) is 5.75 Å². The number of aromatic amines is 1. The van der Waals surface area contributed by atoms with E-state index in [1.807, 2.05) is 4.90 Å². The highest BCUT2D eigenvalue weighted by Gasteiger charge is 2.58. The van der Waals surface area contributed by atoms with Gasteiger partial charge in [0.15, 0.2) is 5.75 Å². The fraction of sp³-hybridized carbons (Fsp3) is 0.625. The number of rotatable bonds is 5. The molecule has 35 heavy (non-hydrogen) atoms. The minimum Gasteiger partial charge on any atom is -0.374 e. The van der Waals surface area contributed by atoms with E-state index in [1.165, 1.54) is 18.6 Å². The van der Waals surface area contributed by atoms with Gasteiger partial charge < -0.3 is 14.1 Å². The van der Waals surface area contributed by atoms with E-state index in [4.69, 9.17) is 11.6 Å². The molecule has 1 N–H and O–H groups in total. The zero-order valence-corrected chi connectivity index (χ0v) is 21.3. The second-order valence-electron chi connectivity index (χ2n) is 11.4. The van der Waals surface area contributed by atoms with E-state index in [2.05, 4.69) is 23.0 Å². The topological polar surface area (TPSA) is 79.5 Å². The third kappa shape index (κ3) is 4.10. The lowest BCUT2D eigenvalue weighted by Gasteiger charge is -2.64. The van der Waals surface area contributed by atoms with Crippen molar-refractivity contribution in [2.24, 2.45) is 10.8 Å². The van der Waals surface area contributed by atoms with Crippen molar-refractivity contribution < 1.29 is 30.6 Å². The Kier molecular flexibility index (Phi) is 5.50. The zero-order chi connectivity index (χ0) is 25.6. The largest absolute Gasteiger partial charge is 0.534 e. The smallest absolute Gasteiger partial charge is 0.374 e. The van der Waals surface area contributed by atoms with Crippen LogP contribution in [0, 0.1) is 10.8 Å². The maximum absolute atomic E-state index is 13.5. The van der Waals surface area contributed by atoms with E-state index in [0.29, 0.717) is 11.1 Å². The number of carbonyl (C=O) groups is 1. The Balaban J connectivity index is 1.43. The van der Waals surface area contributed by atoms with Crippen molar-refractivity contribution in [3.63, 3.8) is 0 Å². The summed E-state index contributed by atoms with van der Waals surface area (Å²) in [4.78, 5) is 18.5. The van der Waals surface area contributed by atoms with Crippen LogP contribution < -0.4 is 4.18 Å². The van der Waals surface area contributed by atoms with Crippen LogP contribution in [0.4, 0.5) is 13.2 Å². The van der Waals surface area contributed by atoms with Crippen molar-refractivity contribution in [1.29, 1.82) is 0 Å². The van der Waals surface area contributed by atoms with Gasteiger partial charge >= 0.3 is 15.6 Å². The van der Waals surface area contributed by atoms with Crippen LogP contribution in [0.2, 0.25) is 5.02 Å². The van der Waals surface area contributed by atoms with Gasteiger partial charge in [0.1, 0.15) is 0 Å². The Morgan fingerprint density at radius 2 is 1.77 bits per heavy atom. The minimum absolute atomic E-state index is 0.0141. The van der Waals surface area contributed by atoms with Crippen molar-refractivity contribution in [3.05, 3.63) is 28.9 Å². The molecule has 2 aromatic rings. The monoisotopic (exact) mass is 532 g/mol. The summed E-state index contributed by atoms with van der Waals surface area (Å²) in [6.07, 6.45) is 6.89. The summed E-state index contributed by atoms with van der Waals surface area (Å²) in [5, 5.41) is -0.137. The van der Waals surface area contributed by atoms with Gasteiger partial charge in [0.05, 0.1) is 5.02 Å². The van der Waals surface area contributed by atoms with Crippen molar-refractivity contribution in [2.75, 3.05) is 0 Å². The van der Waals surface area contributed by atoms with Crippen LogP contribution >= 0.6 is 11.6 Å². The van der Waals surface area contributed by atoms with E-state index < -0.39 is 27.3 Å². The molecule has 2 aliphatic carbocycles. The Morgan fingerprint density at radius 3 is 2.31 bits per heavy atom. The van der Waals surface area contributed by atoms with Gasteiger partial charge in [0, 0.05) is 35.6 Å². The highest BCUT2D eigenvalue weighted by atomic mass is 35.5. The molecule has 0 spiro atoms. The molecule has 11 heteroatoms. The first-order chi connectivity index (χ1) is 16.1. The summed E-state index contributed by atoms with van der Waals surface area (Å²) in [7, 11) is -5.92. The normalized spacial score (nSPS) is 31.2. The average Bonchev–Trinajstić information content (AvgIpc) is 3.11. The molecule has 1 aromatic carbocycles. The predicted molar refractivity (Wildman–Crippen MR) is 126 cm³/mol. The Hall–Kier alpha value is -1.94. The number of carbonyl (C=O) groups excluding carboxylic acids is 1. The number of H-pyrrole nitrogens is 1. The van der Waals surface area contributed by atoms with Gasteiger partial charge in [0.25, 0.3) is 0 Å². The first-order valence-electron chi connectivity index (χ1n) is 11.7. The van der Waals surface area contributed by atoms with E-state index >= 15 is 0 Å². The van der Waals surface area contributed by atoms with Gasteiger partial charge in [-0.1, -0.05) is 32.4 Å².